The van der Waals surface area contributed by atoms with E-state index in [0.717, 1.165) is 5.56 Å². The number of amides is 2. The highest BCUT2D eigenvalue weighted by atomic mass is 16.7. The molecule has 0 bridgehead atoms. The number of methoxy groups -OCH3 is 1. The summed E-state index contributed by atoms with van der Waals surface area (Å²) in [5.74, 6) is -1.07. The smallest absolute Gasteiger partial charge is 0.244 e. The highest BCUT2D eigenvalue weighted by molar-refractivity contribution is 5.91. The topological polar surface area (TPSA) is 137 Å². The summed E-state index contributed by atoms with van der Waals surface area (Å²) in [6.07, 6.45) is 1.46. The number of benzene rings is 1. The van der Waals surface area contributed by atoms with E-state index in [9.17, 15) is 19.8 Å². The van der Waals surface area contributed by atoms with Crippen LogP contribution in [-0.4, -0.2) is 78.0 Å². The number of allylic oxidation sites excluding steroid dienone is 2. The summed E-state index contributed by atoms with van der Waals surface area (Å²) in [5.41, 5.74) is 0.989. The Labute approximate surface area is 168 Å². The van der Waals surface area contributed by atoms with E-state index in [0.29, 0.717) is 0 Å². The maximum Gasteiger partial charge on any atom is 0.244 e. The fourth-order valence-corrected chi connectivity index (χ4v) is 2.77. The Balaban J connectivity index is 1.80. The molecule has 9 nitrogen and oxygen atoms in total. The van der Waals surface area contributed by atoms with Crippen LogP contribution in [0, 0.1) is 0 Å². The van der Waals surface area contributed by atoms with Crippen LogP contribution in [0.4, 0.5) is 0 Å². The van der Waals surface area contributed by atoms with Gasteiger partial charge in [-0.3, -0.25) is 9.59 Å². The first-order valence-corrected chi connectivity index (χ1v) is 9.08. The zero-order chi connectivity index (χ0) is 21.2. The van der Waals surface area contributed by atoms with Crippen molar-refractivity contribution in [2.24, 2.45) is 0 Å². The van der Waals surface area contributed by atoms with Gasteiger partial charge in [0.15, 0.2) is 6.29 Å². The molecule has 1 saturated heterocycles. The van der Waals surface area contributed by atoms with E-state index in [1.807, 2.05) is 36.4 Å². The second-order valence-electron chi connectivity index (χ2n) is 6.38. The average molecular weight is 406 g/mol. The molecule has 1 fully saturated rings. The molecule has 1 heterocycles. The van der Waals surface area contributed by atoms with E-state index in [2.05, 4.69) is 10.6 Å². The van der Waals surface area contributed by atoms with E-state index in [-0.39, 0.29) is 6.54 Å². The standard InChI is InChI=1S/C20H26N2O7/c1-28-20-17(19(27)18(26)14(12-23)29-20)22-16(25)11-21-15(24)10-6-5-9-13-7-3-2-4-8-13/h2-10,14,17-20,23,26-27H,11-12H2,1H3,(H,21,24)(H,22,25)/b9-5+,10-6+. The fraction of sp³-hybridized carbons (Fsp3) is 0.400. The molecule has 0 radical (unpaired) electrons. The molecule has 1 aromatic carbocycles. The van der Waals surface area contributed by atoms with Crippen molar-refractivity contribution < 1.29 is 34.4 Å². The van der Waals surface area contributed by atoms with Crippen LogP contribution >= 0.6 is 0 Å². The van der Waals surface area contributed by atoms with Crippen molar-refractivity contribution >= 4 is 17.9 Å². The molecule has 2 rings (SSSR count). The van der Waals surface area contributed by atoms with Crippen LogP contribution in [0.15, 0.2) is 48.6 Å². The number of aliphatic hydroxyl groups is 3. The Hall–Kier alpha value is -2.56. The predicted octanol–water partition coefficient (Wildman–Crippen LogP) is -1.06. The van der Waals surface area contributed by atoms with Crippen molar-refractivity contribution in [2.45, 2.75) is 30.6 Å². The molecule has 0 aromatic heterocycles. The van der Waals surface area contributed by atoms with Crippen molar-refractivity contribution in [1.29, 1.82) is 0 Å². The molecule has 0 saturated carbocycles. The zero-order valence-electron chi connectivity index (χ0n) is 16.0. The van der Waals surface area contributed by atoms with Crippen LogP contribution in [0.5, 0.6) is 0 Å². The van der Waals surface area contributed by atoms with Gasteiger partial charge in [0.1, 0.15) is 24.4 Å². The van der Waals surface area contributed by atoms with E-state index in [4.69, 9.17) is 14.6 Å². The predicted molar refractivity (Wildman–Crippen MR) is 104 cm³/mol. The maximum absolute atomic E-state index is 12.1. The number of ether oxygens (including phenoxy) is 2. The molecule has 5 unspecified atom stereocenters. The number of carbonyl (C=O) groups is 2. The minimum atomic E-state index is -1.41. The molecule has 2 amide bonds. The quantitative estimate of drug-likeness (QED) is 0.274. The number of hydrogen-bond donors (Lipinski definition) is 5. The minimum absolute atomic E-state index is 0.343. The van der Waals surface area contributed by atoms with Crippen molar-refractivity contribution in [3.63, 3.8) is 0 Å². The van der Waals surface area contributed by atoms with Crippen molar-refractivity contribution in [2.75, 3.05) is 20.3 Å². The van der Waals surface area contributed by atoms with E-state index in [1.54, 1.807) is 12.2 Å². The van der Waals surface area contributed by atoms with E-state index in [1.165, 1.54) is 13.2 Å². The monoisotopic (exact) mass is 406 g/mol. The Bertz CT molecular complexity index is 721. The summed E-state index contributed by atoms with van der Waals surface area (Å²) in [7, 11) is 1.30. The number of hydrogen-bond acceptors (Lipinski definition) is 7. The molecular weight excluding hydrogens is 380 g/mol. The third-order valence-electron chi connectivity index (χ3n) is 4.31. The van der Waals surface area contributed by atoms with Crippen LogP contribution in [0.3, 0.4) is 0 Å². The van der Waals surface area contributed by atoms with Gasteiger partial charge < -0.3 is 35.4 Å². The van der Waals surface area contributed by atoms with E-state index >= 15 is 0 Å². The first kappa shape index (κ1) is 22.7. The molecule has 0 spiro atoms. The lowest BCUT2D eigenvalue weighted by atomic mass is 9.97. The molecule has 158 valence electrons. The second-order valence-corrected chi connectivity index (χ2v) is 6.38. The SMILES string of the molecule is COC1OC(CO)C(O)C(O)C1NC(=O)CNC(=O)/C=C/C=C/c1ccccc1. The lowest BCUT2D eigenvalue weighted by Crippen LogP contribution is -2.65. The van der Waals surface area contributed by atoms with Crippen molar-refractivity contribution in [3.8, 4) is 0 Å². The zero-order valence-corrected chi connectivity index (χ0v) is 16.0. The van der Waals surface area contributed by atoms with Crippen LogP contribution in [0.2, 0.25) is 0 Å². The highest BCUT2D eigenvalue weighted by Crippen LogP contribution is 2.21. The summed E-state index contributed by atoms with van der Waals surface area (Å²) < 4.78 is 10.4. The Morgan fingerprint density at radius 1 is 1.17 bits per heavy atom. The molecule has 0 aliphatic carbocycles. The average Bonchev–Trinajstić information content (AvgIpc) is 2.74. The van der Waals surface area contributed by atoms with Crippen molar-refractivity contribution in [3.05, 3.63) is 54.1 Å². The lowest BCUT2D eigenvalue weighted by Gasteiger charge is -2.41. The van der Waals surface area contributed by atoms with E-state index < -0.39 is 49.1 Å². The van der Waals surface area contributed by atoms with Crippen LogP contribution in [0.25, 0.3) is 6.08 Å². The highest BCUT2D eigenvalue weighted by Gasteiger charge is 2.45. The molecule has 9 heteroatoms. The molecule has 1 aromatic rings. The Kier molecular flexibility index (Phi) is 8.97. The van der Waals surface area contributed by atoms with Gasteiger partial charge in [-0.15, -0.1) is 0 Å². The molecule has 1 aliphatic rings. The van der Waals surface area contributed by atoms with Gasteiger partial charge in [-0.25, -0.2) is 0 Å². The third kappa shape index (κ3) is 6.77. The summed E-state index contributed by atoms with van der Waals surface area (Å²) in [6.45, 7) is -0.857. The molecular formula is C20H26N2O7. The van der Waals surface area contributed by atoms with Gasteiger partial charge in [-0.05, 0) is 5.56 Å². The van der Waals surface area contributed by atoms with Gasteiger partial charge in [0.25, 0.3) is 0 Å². The van der Waals surface area contributed by atoms with Gasteiger partial charge in [-0.2, -0.15) is 0 Å². The number of aliphatic hydroxyl groups excluding tert-OH is 3. The fourth-order valence-electron chi connectivity index (χ4n) is 2.77. The van der Waals surface area contributed by atoms with Crippen LogP contribution in [-0.2, 0) is 19.1 Å². The largest absolute Gasteiger partial charge is 0.394 e. The normalized spacial score (nSPS) is 27.2. The Morgan fingerprint density at radius 2 is 1.90 bits per heavy atom. The number of carbonyl (C=O) groups excluding carboxylic acids is 2. The van der Waals surface area contributed by atoms with Gasteiger partial charge in [0.2, 0.25) is 11.8 Å². The third-order valence-corrected chi connectivity index (χ3v) is 4.31. The lowest BCUT2D eigenvalue weighted by molar-refractivity contribution is -0.262. The van der Waals surface area contributed by atoms with Gasteiger partial charge in [0.05, 0.1) is 13.2 Å². The van der Waals surface area contributed by atoms with Gasteiger partial charge in [0, 0.05) is 13.2 Å². The molecule has 29 heavy (non-hydrogen) atoms. The minimum Gasteiger partial charge on any atom is -0.394 e. The summed E-state index contributed by atoms with van der Waals surface area (Å²) in [5, 5.41) is 34.1. The summed E-state index contributed by atoms with van der Waals surface area (Å²) in [6, 6.07) is 8.49. The number of nitrogens with one attached hydrogen (secondary N) is 2. The van der Waals surface area contributed by atoms with Crippen LogP contribution < -0.4 is 10.6 Å². The Morgan fingerprint density at radius 3 is 2.55 bits per heavy atom. The first-order valence-electron chi connectivity index (χ1n) is 9.08. The summed E-state index contributed by atoms with van der Waals surface area (Å²) in [4.78, 5) is 23.9. The first-order chi connectivity index (χ1) is 14.0. The van der Waals surface area contributed by atoms with Crippen molar-refractivity contribution in [1.82, 2.24) is 10.6 Å². The molecule has 5 atom stereocenters. The second kappa shape index (κ2) is 11.4. The maximum atomic E-state index is 12.1. The van der Waals surface area contributed by atoms with Gasteiger partial charge >= 0.3 is 0 Å². The van der Waals surface area contributed by atoms with Gasteiger partial charge in [-0.1, -0.05) is 48.6 Å². The number of rotatable bonds is 8. The summed E-state index contributed by atoms with van der Waals surface area (Å²) >= 11 is 0. The van der Waals surface area contributed by atoms with Crippen LogP contribution in [0.1, 0.15) is 5.56 Å². The molecule has 5 N–H and O–H groups in total. The molecule has 1 aliphatic heterocycles.